The second kappa shape index (κ2) is 18.0. The van der Waals surface area contributed by atoms with Crippen LogP contribution >= 0.6 is 34.8 Å². The predicted molar refractivity (Wildman–Crippen MR) is 88.5 cm³/mol. The summed E-state index contributed by atoms with van der Waals surface area (Å²) in [6.07, 6.45) is 4.22. The molecule has 0 bridgehead atoms. The first kappa shape index (κ1) is 21.4. The van der Waals surface area contributed by atoms with Crippen molar-refractivity contribution < 1.29 is 5.11 Å². The first-order chi connectivity index (χ1) is 9.17. The van der Waals surface area contributed by atoms with Crippen molar-refractivity contribution in [2.45, 2.75) is 45.6 Å². The molecule has 0 aliphatic rings. The number of hydrogen-bond donors (Lipinski definition) is 1. The zero-order chi connectivity index (χ0) is 14.9. The molecule has 0 amide bonds. The van der Waals surface area contributed by atoms with Crippen LogP contribution in [0.5, 0.6) is 0 Å². The van der Waals surface area contributed by atoms with Crippen LogP contribution in [0, 0.1) is 0 Å². The summed E-state index contributed by atoms with van der Waals surface area (Å²) in [7, 11) is 0. The number of hydrogen-bond acceptors (Lipinski definition) is 1. The van der Waals surface area contributed by atoms with Crippen LogP contribution in [0.2, 0.25) is 0 Å². The SMILES string of the molecule is CCC(O)c1ccccc1.CCCCCCl.ClCCl. The van der Waals surface area contributed by atoms with Crippen LogP contribution in [0.3, 0.4) is 0 Å². The molecule has 0 spiro atoms. The maximum Gasteiger partial charge on any atom is 0.0967 e. The van der Waals surface area contributed by atoms with Crippen LogP contribution < -0.4 is 0 Å². The molecule has 0 fully saturated rings. The third-order valence-electron chi connectivity index (χ3n) is 2.31. The highest BCUT2D eigenvalue weighted by molar-refractivity contribution is 6.40. The maximum absolute atomic E-state index is 9.33. The van der Waals surface area contributed by atoms with Crippen LogP contribution in [0.4, 0.5) is 0 Å². The van der Waals surface area contributed by atoms with E-state index in [4.69, 9.17) is 34.8 Å². The van der Waals surface area contributed by atoms with E-state index in [0.717, 1.165) is 17.9 Å². The molecule has 0 aromatic heterocycles. The maximum atomic E-state index is 9.33. The minimum absolute atomic E-state index is 0.194. The molecule has 1 aromatic rings. The second-order valence-electron chi connectivity index (χ2n) is 3.83. The summed E-state index contributed by atoms with van der Waals surface area (Å²) in [5, 5.41) is 9.52. The summed E-state index contributed by atoms with van der Waals surface area (Å²) in [6, 6.07) is 9.70. The van der Waals surface area contributed by atoms with Crippen molar-refractivity contribution in [1.82, 2.24) is 0 Å². The van der Waals surface area contributed by atoms with Gasteiger partial charge in [-0.2, -0.15) is 0 Å². The summed E-state index contributed by atoms with van der Waals surface area (Å²) in [4.78, 5) is 0. The van der Waals surface area contributed by atoms with E-state index in [1.165, 1.54) is 19.3 Å². The Morgan fingerprint density at radius 1 is 1.00 bits per heavy atom. The molecule has 0 aliphatic carbocycles. The molecule has 0 radical (unpaired) electrons. The number of halogens is 3. The first-order valence-corrected chi connectivity index (χ1v) is 8.19. The molecule has 1 rings (SSSR count). The summed E-state index contributed by atoms with van der Waals surface area (Å²) in [5.41, 5.74) is 1.00. The van der Waals surface area contributed by atoms with E-state index in [9.17, 15) is 5.11 Å². The Morgan fingerprint density at radius 2 is 1.53 bits per heavy atom. The Hall–Kier alpha value is 0.0500. The van der Waals surface area contributed by atoms with Crippen LogP contribution in [0.1, 0.15) is 51.2 Å². The van der Waals surface area contributed by atoms with E-state index in [1.807, 2.05) is 37.3 Å². The van der Waals surface area contributed by atoms with Gasteiger partial charge in [-0.05, 0) is 18.4 Å². The quantitative estimate of drug-likeness (QED) is 0.522. The molecule has 112 valence electrons. The highest BCUT2D eigenvalue weighted by atomic mass is 35.5. The molecule has 0 heterocycles. The van der Waals surface area contributed by atoms with E-state index >= 15 is 0 Å². The van der Waals surface area contributed by atoms with Crippen molar-refractivity contribution in [3.63, 3.8) is 0 Å². The van der Waals surface area contributed by atoms with E-state index in [-0.39, 0.29) is 11.4 Å². The third kappa shape index (κ3) is 16.0. The largest absolute Gasteiger partial charge is 0.388 e. The fourth-order valence-electron chi connectivity index (χ4n) is 1.26. The molecule has 1 aromatic carbocycles. The number of benzene rings is 1. The molecule has 1 N–H and O–H groups in total. The van der Waals surface area contributed by atoms with E-state index in [1.54, 1.807) is 0 Å². The Bertz CT molecular complexity index is 251. The van der Waals surface area contributed by atoms with E-state index < -0.39 is 0 Å². The Labute approximate surface area is 132 Å². The average molecular weight is 328 g/mol. The van der Waals surface area contributed by atoms with Crippen molar-refractivity contribution in [3.8, 4) is 0 Å². The van der Waals surface area contributed by atoms with Gasteiger partial charge in [0.15, 0.2) is 0 Å². The van der Waals surface area contributed by atoms with Crippen LogP contribution in [-0.2, 0) is 0 Å². The van der Waals surface area contributed by atoms with Gasteiger partial charge in [-0.25, -0.2) is 0 Å². The molecular weight excluding hydrogens is 303 g/mol. The lowest BCUT2D eigenvalue weighted by Gasteiger charge is -2.05. The van der Waals surface area contributed by atoms with E-state index in [0.29, 0.717) is 0 Å². The van der Waals surface area contributed by atoms with E-state index in [2.05, 4.69) is 6.92 Å². The number of rotatable bonds is 5. The zero-order valence-corrected chi connectivity index (χ0v) is 14.1. The Balaban J connectivity index is 0. The minimum atomic E-state index is -0.291. The average Bonchev–Trinajstić information content (AvgIpc) is 2.46. The zero-order valence-electron chi connectivity index (χ0n) is 11.8. The van der Waals surface area contributed by atoms with Gasteiger partial charge in [0.1, 0.15) is 0 Å². The summed E-state index contributed by atoms with van der Waals surface area (Å²) >= 11 is 14.9. The molecular formula is C15H25Cl3O. The van der Waals surface area contributed by atoms with Crippen LogP contribution in [-0.4, -0.2) is 16.3 Å². The minimum Gasteiger partial charge on any atom is -0.388 e. The van der Waals surface area contributed by atoms with Crippen molar-refractivity contribution in [3.05, 3.63) is 35.9 Å². The molecule has 1 nitrogen and oxygen atoms in total. The highest BCUT2D eigenvalue weighted by Gasteiger charge is 2.00. The van der Waals surface area contributed by atoms with Crippen LogP contribution in [0.25, 0.3) is 0 Å². The van der Waals surface area contributed by atoms with Gasteiger partial charge in [0.2, 0.25) is 0 Å². The van der Waals surface area contributed by atoms with Gasteiger partial charge in [-0.3, -0.25) is 0 Å². The van der Waals surface area contributed by atoms with Gasteiger partial charge >= 0.3 is 0 Å². The lowest BCUT2D eigenvalue weighted by molar-refractivity contribution is 0.173. The molecule has 0 saturated heterocycles. The molecule has 4 heteroatoms. The number of unbranched alkanes of at least 4 members (excludes halogenated alkanes) is 2. The summed E-state index contributed by atoms with van der Waals surface area (Å²) in [5.74, 6) is 0.827. The number of aliphatic hydroxyl groups excluding tert-OH is 1. The Kier molecular flexibility index (Phi) is 20.3. The fraction of sp³-hybridized carbons (Fsp3) is 0.600. The normalized spacial score (nSPS) is 10.6. The topological polar surface area (TPSA) is 20.2 Å². The van der Waals surface area contributed by atoms with Gasteiger partial charge in [0, 0.05) is 5.88 Å². The van der Waals surface area contributed by atoms with Gasteiger partial charge in [0.05, 0.1) is 11.4 Å². The molecule has 19 heavy (non-hydrogen) atoms. The molecule has 1 atom stereocenters. The van der Waals surface area contributed by atoms with Gasteiger partial charge in [-0.15, -0.1) is 34.8 Å². The first-order valence-electron chi connectivity index (χ1n) is 6.58. The van der Waals surface area contributed by atoms with Gasteiger partial charge < -0.3 is 5.11 Å². The lowest BCUT2D eigenvalue weighted by Crippen LogP contribution is -1.93. The molecule has 0 saturated carbocycles. The number of aliphatic hydroxyl groups is 1. The number of alkyl halides is 3. The van der Waals surface area contributed by atoms with Crippen molar-refractivity contribution in [2.75, 3.05) is 11.2 Å². The van der Waals surface area contributed by atoms with Gasteiger partial charge in [0.25, 0.3) is 0 Å². The molecule has 0 aliphatic heterocycles. The third-order valence-corrected chi connectivity index (χ3v) is 2.58. The van der Waals surface area contributed by atoms with Crippen molar-refractivity contribution in [1.29, 1.82) is 0 Å². The monoisotopic (exact) mass is 326 g/mol. The summed E-state index contributed by atoms with van der Waals surface area (Å²) < 4.78 is 0. The van der Waals surface area contributed by atoms with Crippen molar-refractivity contribution in [2.24, 2.45) is 0 Å². The predicted octanol–water partition coefficient (Wildman–Crippen LogP) is 5.97. The Morgan fingerprint density at radius 3 is 1.84 bits per heavy atom. The molecule has 1 unspecified atom stereocenters. The standard InChI is InChI=1S/C9H12O.C5H11Cl.CH2Cl2/c1-2-9(10)8-6-4-3-5-7-8;1-2-3-4-5-6;2-1-3/h3-7,9-10H,2H2,1H3;2-5H2,1H3;1H2. The smallest absolute Gasteiger partial charge is 0.0967 e. The lowest BCUT2D eigenvalue weighted by atomic mass is 10.1. The highest BCUT2D eigenvalue weighted by Crippen LogP contribution is 2.14. The summed E-state index contributed by atoms with van der Waals surface area (Å²) in [6.45, 7) is 4.14. The van der Waals surface area contributed by atoms with Crippen LogP contribution in [0.15, 0.2) is 30.3 Å². The van der Waals surface area contributed by atoms with Crippen molar-refractivity contribution >= 4 is 34.8 Å². The fourth-order valence-corrected chi connectivity index (χ4v) is 1.44. The second-order valence-corrected chi connectivity index (χ2v) is 5.02. The van der Waals surface area contributed by atoms with Gasteiger partial charge in [-0.1, -0.05) is 57.0 Å².